The van der Waals surface area contributed by atoms with E-state index in [1.165, 1.54) is 36.9 Å². The summed E-state index contributed by atoms with van der Waals surface area (Å²) in [5, 5.41) is 11.4. The number of aromatic nitrogens is 2. The van der Waals surface area contributed by atoms with Gasteiger partial charge in [-0.25, -0.2) is 4.99 Å². The molecule has 0 saturated heterocycles. The van der Waals surface area contributed by atoms with Crippen molar-refractivity contribution >= 4 is 29.9 Å². The fraction of sp³-hybridized carbons (Fsp3) is 0.778. The van der Waals surface area contributed by atoms with Gasteiger partial charge in [-0.3, -0.25) is 4.68 Å². The monoisotopic (exact) mass is 447 g/mol. The number of nitrogens with one attached hydrogen (secondary N) is 2. The van der Waals surface area contributed by atoms with Crippen molar-refractivity contribution in [1.82, 2.24) is 20.4 Å². The number of aliphatic imine (C=N–C) groups is 1. The molecule has 0 aliphatic heterocycles. The second kappa shape index (κ2) is 10.3. The predicted molar refractivity (Wildman–Crippen MR) is 112 cm³/mol. The van der Waals surface area contributed by atoms with Crippen LogP contribution < -0.4 is 10.6 Å². The molecule has 0 spiro atoms. The molecule has 24 heavy (non-hydrogen) atoms. The van der Waals surface area contributed by atoms with Crippen LogP contribution >= 0.6 is 24.0 Å². The number of aryl methyl sites for hydroxylation is 2. The fourth-order valence-corrected chi connectivity index (χ4v) is 3.53. The fourth-order valence-electron chi connectivity index (χ4n) is 3.53. The third kappa shape index (κ3) is 5.93. The molecular weight excluding hydrogens is 413 g/mol. The van der Waals surface area contributed by atoms with Gasteiger partial charge in [0.05, 0.1) is 12.2 Å². The van der Waals surface area contributed by atoms with Crippen LogP contribution in [0.3, 0.4) is 0 Å². The molecule has 2 atom stereocenters. The van der Waals surface area contributed by atoms with Crippen LogP contribution in [0.2, 0.25) is 0 Å². The summed E-state index contributed by atoms with van der Waals surface area (Å²) < 4.78 is 1.93. The lowest BCUT2D eigenvalue weighted by atomic mass is 9.82. The van der Waals surface area contributed by atoms with Gasteiger partial charge in [0.15, 0.2) is 5.96 Å². The largest absolute Gasteiger partial charge is 0.357 e. The summed E-state index contributed by atoms with van der Waals surface area (Å²) in [6, 6.07) is 0. The Hall–Kier alpha value is -0.790. The molecule has 6 heteroatoms. The molecule has 0 radical (unpaired) electrons. The van der Waals surface area contributed by atoms with Gasteiger partial charge in [-0.05, 0) is 45.4 Å². The van der Waals surface area contributed by atoms with Gasteiger partial charge in [0.1, 0.15) is 0 Å². The van der Waals surface area contributed by atoms with Crippen molar-refractivity contribution in [3.8, 4) is 0 Å². The standard InChI is InChI=1S/C18H33N5.HI/c1-6-19-18(20-11-16-9-7-8-13(2)10-16)21-12-17-14(3)22-23(5)15(17)4;/h13,16H,6-12H2,1-5H3,(H2,19,20,21);1H. The number of halogens is 1. The SMILES string of the molecule is CCNC(=NCc1c(C)nn(C)c1C)NCC1CCCC(C)C1.I. The van der Waals surface area contributed by atoms with E-state index in [1.807, 2.05) is 11.7 Å². The van der Waals surface area contributed by atoms with Gasteiger partial charge in [-0.15, -0.1) is 24.0 Å². The predicted octanol–water partition coefficient (Wildman–Crippen LogP) is 3.54. The summed E-state index contributed by atoms with van der Waals surface area (Å²) in [4.78, 5) is 4.76. The van der Waals surface area contributed by atoms with E-state index in [0.717, 1.165) is 36.6 Å². The van der Waals surface area contributed by atoms with E-state index in [4.69, 9.17) is 4.99 Å². The Morgan fingerprint density at radius 3 is 2.62 bits per heavy atom. The number of hydrogen-bond donors (Lipinski definition) is 2. The Morgan fingerprint density at radius 1 is 1.29 bits per heavy atom. The molecule has 1 aromatic rings. The Morgan fingerprint density at radius 2 is 2.04 bits per heavy atom. The molecule has 1 fully saturated rings. The number of nitrogens with zero attached hydrogens (tertiary/aromatic N) is 3. The first kappa shape index (κ1) is 21.3. The van der Waals surface area contributed by atoms with Crippen LogP contribution in [0.15, 0.2) is 4.99 Å². The molecule has 1 heterocycles. The Kier molecular flexibility index (Phi) is 9.08. The Bertz CT molecular complexity index is 538. The molecular formula is C18H34IN5. The Balaban J connectivity index is 0.00000288. The van der Waals surface area contributed by atoms with Crippen LogP contribution in [0.25, 0.3) is 0 Å². The van der Waals surface area contributed by atoms with Gasteiger partial charge in [0, 0.05) is 31.4 Å². The number of hydrogen-bond acceptors (Lipinski definition) is 2. The second-order valence-electron chi connectivity index (χ2n) is 6.99. The summed E-state index contributed by atoms with van der Waals surface area (Å²) in [6.07, 6.45) is 5.45. The summed E-state index contributed by atoms with van der Waals surface area (Å²) in [5.74, 6) is 2.58. The van der Waals surface area contributed by atoms with Gasteiger partial charge < -0.3 is 10.6 Å². The molecule has 1 aromatic heterocycles. The quantitative estimate of drug-likeness (QED) is 0.413. The molecule has 0 amide bonds. The number of guanidine groups is 1. The zero-order chi connectivity index (χ0) is 16.8. The van der Waals surface area contributed by atoms with Crippen LogP contribution in [0.1, 0.15) is 56.5 Å². The third-order valence-corrected chi connectivity index (χ3v) is 5.00. The summed E-state index contributed by atoms with van der Waals surface area (Å²) >= 11 is 0. The van der Waals surface area contributed by atoms with Crippen molar-refractivity contribution in [2.24, 2.45) is 23.9 Å². The second-order valence-corrected chi connectivity index (χ2v) is 6.99. The minimum absolute atomic E-state index is 0. The summed E-state index contributed by atoms with van der Waals surface area (Å²) in [5.41, 5.74) is 3.50. The van der Waals surface area contributed by atoms with Crippen LogP contribution in [0.4, 0.5) is 0 Å². The highest BCUT2D eigenvalue weighted by Gasteiger charge is 2.19. The minimum Gasteiger partial charge on any atom is -0.357 e. The zero-order valence-electron chi connectivity index (χ0n) is 15.9. The van der Waals surface area contributed by atoms with Crippen molar-refractivity contribution in [1.29, 1.82) is 0 Å². The molecule has 1 aliphatic rings. The van der Waals surface area contributed by atoms with Crippen molar-refractivity contribution in [2.75, 3.05) is 13.1 Å². The van der Waals surface area contributed by atoms with Crippen molar-refractivity contribution in [3.05, 3.63) is 17.0 Å². The normalized spacial score (nSPS) is 21.3. The van der Waals surface area contributed by atoms with Crippen LogP contribution in [-0.2, 0) is 13.6 Å². The average Bonchev–Trinajstić information content (AvgIpc) is 2.75. The highest BCUT2D eigenvalue weighted by molar-refractivity contribution is 14.0. The third-order valence-electron chi connectivity index (χ3n) is 5.00. The van der Waals surface area contributed by atoms with Crippen molar-refractivity contribution in [3.63, 3.8) is 0 Å². The lowest BCUT2D eigenvalue weighted by Crippen LogP contribution is -2.40. The van der Waals surface area contributed by atoms with E-state index < -0.39 is 0 Å². The van der Waals surface area contributed by atoms with Gasteiger partial charge in [-0.1, -0.05) is 19.8 Å². The van der Waals surface area contributed by atoms with Crippen molar-refractivity contribution in [2.45, 2.75) is 59.9 Å². The van der Waals surface area contributed by atoms with Gasteiger partial charge in [0.25, 0.3) is 0 Å². The molecule has 138 valence electrons. The first-order chi connectivity index (χ1) is 11.0. The molecule has 0 bridgehead atoms. The molecule has 2 N–H and O–H groups in total. The smallest absolute Gasteiger partial charge is 0.191 e. The van der Waals surface area contributed by atoms with E-state index in [9.17, 15) is 0 Å². The highest BCUT2D eigenvalue weighted by atomic mass is 127. The summed E-state index contributed by atoms with van der Waals surface area (Å²) in [6.45, 7) is 11.2. The maximum Gasteiger partial charge on any atom is 0.191 e. The molecule has 1 aliphatic carbocycles. The van der Waals surface area contributed by atoms with E-state index >= 15 is 0 Å². The van der Waals surface area contributed by atoms with Crippen LogP contribution in [-0.4, -0.2) is 28.8 Å². The number of rotatable bonds is 5. The maximum absolute atomic E-state index is 4.76. The maximum atomic E-state index is 4.76. The van der Waals surface area contributed by atoms with E-state index in [2.05, 4.69) is 43.4 Å². The molecule has 0 aromatic carbocycles. The van der Waals surface area contributed by atoms with E-state index in [1.54, 1.807) is 0 Å². The van der Waals surface area contributed by atoms with E-state index in [0.29, 0.717) is 6.54 Å². The molecule has 2 rings (SSSR count). The first-order valence-corrected chi connectivity index (χ1v) is 9.02. The van der Waals surface area contributed by atoms with Crippen LogP contribution in [0.5, 0.6) is 0 Å². The Labute approximate surface area is 164 Å². The summed E-state index contributed by atoms with van der Waals surface area (Å²) in [7, 11) is 1.99. The first-order valence-electron chi connectivity index (χ1n) is 9.02. The molecule has 2 unspecified atom stereocenters. The lowest BCUT2D eigenvalue weighted by Gasteiger charge is -2.27. The zero-order valence-corrected chi connectivity index (χ0v) is 18.2. The van der Waals surface area contributed by atoms with Gasteiger partial charge in [-0.2, -0.15) is 5.10 Å². The highest BCUT2D eigenvalue weighted by Crippen LogP contribution is 2.27. The van der Waals surface area contributed by atoms with Crippen LogP contribution in [0, 0.1) is 25.7 Å². The van der Waals surface area contributed by atoms with Gasteiger partial charge >= 0.3 is 0 Å². The van der Waals surface area contributed by atoms with Crippen molar-refractivity contribution < 1.29 is 0 Å². The van der Waals surface area contributed by atoms with Gasteiger partial charge in [0.2, 0.25) is 0 Å². The molecule has 1 saturated carbocycles. The topological polar surface area (TPSA) is 54.2 Å². The minimum atomic E-state index is 0. The average molecular weight is 447 g/mol. The molecule has 5 nitrogen and oxygen atoms in total. The lowest BCUT2D eigenvalue weighted by molar-refractivity contribution is 0.282. The van der Waals surface area contributed by atoms with E-state index in [-0.39, 0.29) is 24.0 Å².